The molecule has 0 saturated carbocycles. The minimum Gasteiger partial charge on any atom is -0.490 e. The number of carbonyl (C=O) groups is 1. The van der Waals surface area contributed by atoms with Gasteiger partial charge in [0.25, 0.3) is 0 Å². The number of ether oxygens (including phenoxy) is 2. The summed E-state index contributed by atoms with van der Waals surface area (Å²) in [4.78, 5) is 14.6. The van der Waals surface area contributed by atoms with Gasteiger partial charge in [-0.2, -0.15) is 0 Å². The number of aromatic nitrogens is 1. The average molecular weight is 245 g/mol. The molecule has 2 aromatic rings. The van der Waals surface area contributed by atoms with Gasteiger partial charge in [-0.05, 0) is 31.2 Å². The monoisotopic (exact) mass is 245 g/mol. The van der Waals surface area contributed by atoms with E-state index in [-0.39, 0.29) is 5.97 Å². The lowest BCUT2D eigenvalue weighted by atomic mass is 10.2. The molecule has 0 aliphatic carbocycles. The Labute approximate surface area is 105 Å². The third-order valence-electron chi connectivity index (χ3n) is 2.46. The van der Waals surface area contributed by atoms with Crippen LogP contribution in [0.3, 0.4) is 0 Å². The third kappa shape index (κ3) is 2.53. The second kappa shape index (κ2) is 5.40. The minimum atomic E-state index is -0.345. The summed E-state index contributed by atoms with van der Waals surface area (Å²) in [6.07, 6.45) is 1.69. The third-order valence-corrected chi connectivity index (χ3v) is 2.46. The van der Waals surface area contributed by atoms with Gasteiger partial charge in [0.15, 0.2) is 0 Å². The van der Waals surface area contributed by atoms with E-state index >= 15 is 0 Å². The Morgan fingerprint density at radius 2 is 2.28 bits per heavy atom. The van der Waals surface area contributed by atoms with Crippen molar-refractivity contribution in [3.63, 3.8) is 0 Å². The molecule has 0 bridgehead atoms. The Bertz CT molecular complexity index is 571. The molecule has 0 amide bonds. The van der Waals surface area contributed by atoms with Gasteiger partial charge in [-0.15, -0.1) is 0 Å². The predicted molar refractivity (Wildman–Crippen MR) is 69.9 cm³/mol. The molecule has 0 saturated heterocycles. The maximum Gasteiger partial charge on any atom is 0.354 e. The van der Waals surface area contributed by atoms with E-state index in [2.05, 4.69) is 11.6 Å². The molecule has 0 fully saturated rings. The first-order valence-corrected chi connectivity index (χ1v) is 5.78. The highest BCUT2D eigenvalue weighted by Crippen LogP contribution is 2.22. The van der Waals surface area contributed by atoms with Crippen LogP contribution in [0, 0.1) is 0 Å². The number of hydrogen-bond acceptors (Lipinski definition) is 3. The number of rotatable bonds is 5. The fraction of sp³-hybridized carbons (Fsp3) is 0.214. The van der Waals surface area contributed by atoms with Crippen LogP contribution in [-0.4, -0.2) is 24.2 Å². The van der Waals surface area contributed by atoms with E-state index in [9.17, 15) is 4.79 Å². The van der Waals surface area contributed by atoms with Crippen molar-refractivity contribution >= 4 is 16.9 Å². The molecular formula is C14H15NO3. The first kappa shape index (κ1) is 12.2. The molecule has 0 aliphatic rings. The maximum absolute atomic E-state index is 11.6. The highest BCUT2D eigenvalue weighted by molar-refractivity contribution is 5.95. The fourth-order valence-corrected chi connectivity index (χ4v) is 1.67. The zero-order chi connectivity index (χ0) is 13.0. The maximum atomic E-state index is 11.6. The van der Waals surface area contributed by atoms with E-state index in [4.69, 9.17) is 9.47 Å². The van der Waals surface area contributed by atoms with Crippen molar-refractivity contribution in [1.82, 2.24) is 4.98 Å². The summed E-state index contributed by atoms with van der Waals surface area (Å²) in [6, 6.07) is 7.35. The summed E-state index contributed by atoms with van der Waals surface area (Å²) >= 11 is 0. The van der Waals surface area contributed by atoms with Gasteiger partial charge in [0.05, 0.1) is 6.61 Å². The zero-order valence-electron chi connectivity index (χ0n) is 10.2. The van der Waals surface area contributed by atoms with Crippen LogP contribution in [0.4, 0.5) is 0 Å². The fourth-order valence-electron chi connectivity index (χ4n) is 1.67. The molecule has 1 heterocycles. The van der Waals surface area contributed by atoms with Crippen LogP contribution in [0.25, 0.3) is 10.9 Å². The number of aromatic amines is 1. The molecule has 1 N–H and O–H groups in total. The van der Waals surface area contributed by atoms with Crippen LogP contribution in [0.15, 0.2) is 36.9 Å². The lowest BCUT2D eigenvalue weighted by Gasteiger charge is -2.01. The smallest absolute Gasteiger partial charge is 0.354 e. The standard InChI is InChI=1S/C14H15NO3/c1-3-7-18-11-5-6-12-10(8-11)9-13(15-12)14(16)17-4-2/h3,5-6,8-9,15H,1,4,7H2,2H3. The van der Waals surface area contributed by atoms with E-state index in [0.717, 1.165) is 16.7 Å². The number of hydrogen-bond donors (Lipinski definition) is 1. The van der Waals surface area contributed by atoms with Crippen LogP contribution >= 0.6 is 0 Å². The first-order valence-electron chi connectivity index (χ1n) is 5.78. The molecular weight excluding hydrogens is 230 g/mol. The molecule has 4 nitrogen and oxygen atoms in total. The van der Waals surface area contributed by atoms with Crippen LogP contribution < -0.4 is 4.74 Å². The Morgan fingerprint density at radius 3 is 3.00 bits per heavy atom. The molecule has 0 atom stereocenters. The van der Waals surface area contributed by atoms with Crippen molar-refractivity contribution in [2.75, 3.05) is 13.2 Å². The zero-order valence-corrected chi connectivity index (χ0v) is 10.2. The Kier molecular flexibility index (Phi) is 3.67. The van der Waals surface area contributed by atoms with Gasteiger partial charge in [0, 0.05) is 10.9 Å². The largest absolute Gasteiger partial charge is 0.490 e. The van der Waals surface area contributed by atoms with E-state index < -0.39 is 0 Å². The second-order valence-corrected chi connectivity index (χ2v) is 3.75. The summed E-state index contributed by atoms with van der Waals surface area (Å²) in [5.41, 5.74) is 1.33. The Morgan fingerprint density at radius 1 is 1.44 bits per heavy atom. The number of fused-ring (bicyclic) bond motifs is 1. The van der Waals surface area contributed by atoms with Crippen LogP contribution in [-0.2, 0) is 4.74 Å². The number of nitrogens with one attached hydrogen (secondary N) is 1. The van der Waals surface area contributed by atoms with E-state index in [1.54, 1.807) is 19.1 Å². The summed E-state index contributed by atoms with van der Waals surface area (Å²) in [6.45, 7) is 6.20. The second-order valence-electron chi connectivity index (χ2n) is 3.75. The quantitative estimate of drug-likeness (QED) is 0.651. The van der Waals surface area contributed by atoms with Gasteiger partial charge in [-0.3, -0.25) is 0 Å². The van der Waals surface area contributed by atoms with Gasteiger partial charge in [-0.25, -0.2) is 4.79 Å². The van der Waals surface area contributed by atoms with Crippen molar-refractivity contribution in [3.05, 3.63) is 42.6 Å². The topological polar surface area (TPSA) is 51.3 Å². The summed E-state index contributed by atoms with van der Waals surface area (Å²) in [5, 5.41) is 0.916. The van der Waals surface area contributed by atoms with Crippen molar-refractivity contribution in [3.8, 4) is 5.75 Å². The molecule has 0 unspecified atom stereocenters. The van der Waals surface area contributed by atoms with Gasteiger partial charge >= 0.3 is 5.97 Å². The molecule has 1 aromatic carbocycles. The molecule has 4 heteroatoms. The highest BCUT2D eigenvalue weighted by Gasteiger charge is 2.10. The Hall–Kier alpha value is -2.23. The van der Waals surface area contributed by atoms with E-state index in [0.29, 0.717) is 18.9 Å². The van der Waals surface area contributed by atoms with Gasteiger partial charge < -0.3 is 14.5 Å². The van der Waals surface area contributed by atoms with Crippen LogP contribution in [0.1, 0.15) is 17.4 Å². The molecule has 2 rings (SSSR count). The van der Waals surface area contributed by atoms with Crippen molar-refractivity contribution in [2.24, 2.45) is 0 Å². The van der Waals surface area contributed by atoms with Gasteiger partial charge in [-0.1, -0.05) is 12.7 Å². The molecule has 94 valence electrons. The molecule has 1 aromatic heterocycles. The lowest BCUT2D eigenvalue weighted by molar-refractivity contribution is 0.0520. The summed E-state index contributed by atoms with van der Waals surface area (Å²) in [5.74, 6) is 0.402. The molecule has 0 spiro atoms. The highest BCUT2D eigenvalue weighted by atomic mass is 16.5. The minimum absolute atomic E-state index is 0.345. The van der Waals surface area contributed by atoms with Crippen molar-refractivity contribution in [1.29, 1.82) is 0 Å². The molecule has 18 heavy (non-hydrogen) atoms. The normalized spacial score (nSPS) is 10.3. The van der Waals surface area contributed by atoms with Crippen molar-refractivity contribution < 1.29 is 14.3 Å². The van der Waals surface area contributed by atoms with Crippen LogP contribution in [0.2, 0.25) is 0 Å². The SMILES string of the molecule is C=CCOc1ccc2[nH]c(C(=O)OCC)cc2c1. The van der Waals surface area contributed by atoms with Gasteiger partial charge in [0.1, 0.15) is 18.1 Å². The van der Waals surface area contributed by atoms with E-state index in [1.165, 1.54) is 0 Å². The number of carbonyl (C=O) groups excluding carboxylic acids is 1. The summed E-state index contributed by atoms with van der Waals surface area (Å²) in [7, 11) is 0. The Balaban J connectivity index is 2.27. The lowest BCUT2D eigenvalue weighted by Crippen LogP contribution is -2.04. The average Bonchev–Trinajstić information content (AvgIpc) is 2.79. The molecule has 0 radical (unpaired) electrons. The molecule has 0 aliphatic heterocycles. The van der Waals surface area contributed by atoms with Gasteiger partial charge in [0.2, 0.25) is 0 Å². The van der Waals surface area contributed by atoms with Crippen molar-refractivity contribution in [2.45, 2.75) is 6.92 Å². The van der Waals surface area contributed by atoms with Crippen LogP contribution in [0.5, 0.6) is 5.75 Å². The number of H-pyrrole nitrogens is 1. The predicted octanol–water partition coefficient (Wildman–Crippen LogP) is 2.91. The number of benzene rings is 1. The number of esters is 1. The summed E-state index contributed by atoms with van der Waals surface area (Å²) < 4.78 is 10.4. The van der Waals surface area contributed by atoms with E-state index in [1.807, 2.05) is 18.2 Å². The first-order chi connectivity index (χ1) is 8.74.